The Morgan fingerprint density at radius 1 is 0.244 bits per heavy atom. The predicted octanol–water partition coefficient (Wildman–Crippen LogP) is 11.3. The van der Waals surface area contributed by atoms with E-state index in [9.17, 15) is 0 Å². The minimum absolute atomic E-state index is 1.08. The van der Waals surface area contributed by atoms with E-state index >= 15 is 0 Å². The zero-order valence-electron chi connectivity index (χ0n) is 22.7. The molecule has 1 N–H and O–H groups in total. The summed E-state index contributed by atoms with van der Waals surface area (Å²) in [6.45, 7) is 0. The second kappa shape index (κ2) is 11.0. The van der Waals surface area contributed by atoms with Gasteiger partial charge in [-0.3, -0.25) is 0 Å². The molecule has 1 heteroatoms. The van der Waals surface area contributed by atoms with E-state index < -0.39 is 0 Å². The van der Waals surface area contributed by atoms with Crippen molar-refractivity contribution in [3.05, 3.63) is 170 Å². The van der Waals surface area contributed by atoms with E-state index in [1.54, 1.807) is 0 Å². The highest BCUT2D eigenvalue weighted by Gasteiger charge is 2.13. The Hall–Kier alpha value is -5.40. The monoisotopic (exact) mass is 523 g/mol. The molecule has 0 aliphatic carbocycles. The second-order valence-electron chi connectivity index (χ2n) is 10.2. The van der Waals surface area contributed by atoms with Crippen LogP contribution in [0.3, 0.4) is 0 Å². The van der Waals surface area contributed by atoms with E-state index in [0.29, 0.717) is 0 Å². The molecule has 0 aromatic heterocycles. The van der Waals surface area contributed by atoms with Gasteiger partial charge in [0.1, 0.15) is 0 Å². The Kier molecular flexibility index (Phi) is 6.61. The highest BCUT2D eigenvalue weighted by atomic mass is 14.9. The van der Waals surface area contributed by atoms with Gasteiger partial charge in [0.05, 0.1) is 0 Å². The molecule has 0 saturated carbocycles. The normalized spacial score (nSPS) is 10.9. The zero-order chi connectivity index (χ0) is 27.4. The van der Waals surface area contributed by atoms with Gasteiger partial charge in [0.15, 0.2) is 0 Å². The number of benzene rings is 7. The summed E-state index contributed by atoms with van der Waals surface area (Å²) < 4.78 is 0. The molecule has 7 aromatic rings. The summed E-state index contributed by atoms with van der Waals surface area (Å²) in [7, 11) is 0. The lowest BCUT2D eigenvalue weighted by Crippen LogP contribution is -1.96. The van der Waals surface area contributed by atoms with Crippen LogP contribution >= 0.6 is 0 Å². The molecule has 7 aromatic carbocycles. The third kappa shape index (κ3) is 4.90. The molecule has 0 radical (unpaired) electrons. The van der Waals surface area contributed by atoms with Crippen LogP contribution in [0.1, 0.15) is 0 Å². The molecule has 7 rings (SSSR count). The summed E-state index contributed by atoms with van der Waals surface area (Å²) in [4.78, 5) is 0. The SMILES string of the molecule is c1ccc(-c2ccc(-c3ccccc3Nc3ccccc3-c3ccc(-c4ccccc4)c4ccccc34)cc2)cc1. The van der Waals surface area contributed by atoms with Crippen molar-refractivity contribution in [1.29, 1.82) is 0 Å². The predicted molar refractivity (Wildman–Crippen MR) is 175 cm³/mol. The van der Waals surface area contributed by atoms with Crippen molar-refractivity contribution < 1.29 is 0 Å². The maximum atomic E-state index is 3.80. The third-order valence-corrected chi connectivity index (χ3v) is 7.73. The van der Waals surface area contributed by atoms with Gasteiger partial charge in [-0.2, -0.15) is 0 Å². The molecule has 0 fully saturated rings. The molecule has 0 saturated heterocycles. The Morgan fingerprint density at radius 2 is 0.659 bits per heavy atom. The van der Waals surface area contributed by atoms with Crippen molar-refractivity contribution in [2.75, 3.05) is 5.32 Å². The Balaban J connectivity index is 1.28. The number of rotatable bonds is 6. The van der Waals surface area contributed by atoms with Gasteiger partial charge in [-0.25, -0.2) is 0 Å². The lowest BCUT2D eigenvalue weighted by atomic mass is 9.91. The zero-order valence-corrected chi connectivity index (χ0v) is 22.7. The minimum Gasteiger partial charge on any atom is -0.355 e. The molecule has 1 nitrogen and oxygen atoms in total. The van der Waals surface area contributed by atoms with Crippen molar-refractivity contribution in [2.24, 2.45) is 0 Å². The molecular formula is C40H29N. The number of fused-ring (bicyclic) bond motifs is 1. The van der Waals surface area contributed by atoms with Crippen molar-refractivity contribution in [1.82, 2.24) is 0 Å². The molecule has 0 amide bonds. The van der Waals surface area contributed by atoms with Gasteiger partial charge < -0.3 is 5.32 Å². The van der Waals surface area contributed by atoms with Gasteiger partial charge in [0, 0.05) is 22.5 Å². The van der Waals surface area contributed by atoms with Crippen molar-refractivity contribution >= 4 is 22.1 Å². The lowest BCUT2D eigenvalue weighted by Gasteiger charge is -2.18. The number of para-hydroxylation sites is 2. The quantitative estimate of drug-likeness (QED) is 0.229. The summed E-state index contributed by atoms with van der Waals surface area (Å²) in [5.41, 5.74) is 11.8. The van der Waals surface area contributed by atoms with Crippen LogP contribution in [0.4, 0.5) is 11.4 Å². The fourth-order valence-electron chi connectivity index (χ4n) is 5.69. The van der Waals surface area contributed by atoms with Crippen LogP contribution in [0.2, 0.25) is 0 Å². The number of hydrogen-bond donors (Lipinski definition) is 1. The Bertz CT molecular complexity index is 1940. The maximum absolute atomic E-state index is 3.80. The van der Waals surface area contributed by atoms with Gasteiger partial charge in [0.25, 0.3) is 0 Å². The van der Waals surface area contributed by atoms with Crippen LogP contribution in [-0.2, 0) is 0 Å². The number of anilines is 2. The van der Waals surface area contributed by atoms with Crippen LogP contribution < -0.4 is 5.32 Å². The van der Waals surface area contributed by atoms with E-state index in [0.717, 1.165) is 11.4 Å². The average Bonchev–Trinajstić information content (AvgIpc) is 3.06. The van der Waals surface area contributed by atoms with Gasteiger partial charge in [-0.15, -0.1) is 0 Å². The molecule has 0 spiro atoms. The molecule has 41 heavy (non-hydrogen) atoms. The first-order valence-corrected chi connectivity index (χ1v) is 14.0. The fraction of sp³-hybridized carbons (Fsp3) is 0. The van der Waals surface area contributed by atoms with E-state index in [-0.39, 0.29) is 0 Å². The summed E-state index contributed by atoms with van der Waals surface area (Å²) in [5, 5.41) is 6.29. The summed E-state index contributed by atoms with van der Waals surface area (Å²) in [5.74, 6) is 0. The van der Waals surface area contributed by atoms with Gasteiger partial charge in [-0.05, 0) is 56.3 Å². The van der Waals surface area contributed by atoms with E-state index in [2.05, 4.69) is 175 Å². The Morgan fingerprint density at radius 3 is 1.34 bits per heavy atom. The fourth-order valence-corrected chi connectivity index (χ4v) is 5.69. The van der Waals surface area contributed by atoms with Gasteiger partial charge >= 0.3 is 0 Å². The summed E-state index contributed by atoms with van der Waals surface area (Å²) in [6, 6.07) is 60.4. The molecule has 0 unspecified atom stereocenters. The standard InChI is InChI=1S/C40H29N/c1-3-13-29(14-4-1)30-23-25-32(26-24-30)34-17-9-11-21-39(34)41-40-22-12-10-20-38(40)37-28-27-33(31-15-5-2-6-16-31)35-18-7-8-19-36(35)37/h1-28,41H. The molecule has 0 atom stereocenters. The minimum atomic E-state index is 1.08. The maximum Gasteiger partial charge on any atom is 0.0464 e. The van der Waals surface area contributed by atoms with E-state index in [1.807, 2.05) is 0 Å². The van der Waals surface area contributed by atoms with Gasteiger partial charge in [0.2, 0.25) is 0 Å². The molecule has 0 heterocycles. The van der Waals surface area contributed by atoms with Crippen LogP contribution in [0.5, 0.6) is 0 Å². The smallest absolute Gasteiger partial charge is 0.0464 e. The average molecular weight is 524 g/mol. The molecule has 194 valence electrons. The number of hydrogen-bond acceptors (Lipinski definition) is 1. The Labute approximate surface area is 241 Å². The number of nitrogens with one attached hydrogen (secondary N) is 1. The van der Waals surface area contributed by atoms with Crippen LogP contribution in [0.25, 0.3) is 55.3 Å². The lowest BCUT2D eigenvalue weighted by molar-refractivity contribution is 1.52. The van der Waals surface area contributed by atoms with Crippen molar-refractivity contribution in [2.45, 2.75) is 0 Å². The first-order valence-electron chi connectivity index (χ1n) is 14.0. The van der Waals surface area contributed by atoms with E-state index in [1.165, 1.54) is 55.3 Å². The topological polar surface area (TPSA) is 12.0 Å². The molecule has 0 bridgehead atoms. The first-order chi connectivity index (χ1) is 20.3. The van der Waals surface area contributed by atoms with Crippen LogP contribution in [-0.4, -0.2) is 0 Å². The largest absolute Gasteiger partial charge is 0.355 e. The summed E-state index contributed by atoms with van der Waals surface area (Å²) >= 11 is 0. The molecule has 0 aliphatic heterocycles. The van der Waals surface area contributed by atoms with E-state index in [4.69, 9.17) is 0 Å². The molecule has 0 aliphatic rings. The van der Waals surface area contributed by atoms with Crippen molar-refractivity contribution in [3.8, 4) is 44.5 Å². The third-order valence-electron chi connectivity index (χ3n) is 7.73. The summed E-state index contributed by atoms with van der Waals surface area (Å²) in [6.07, 6.45) is 0. The first kappa shape index (κ1) is 24.6. The highest BCUT2D eigenvalue weighted by Crippen LogP contribution is 2.40. The van der Waals surface area contributed by atoms with Gasteiger partial charge in [-0.1, -0.05) is 158 Å². The van der Waals surface area contributed by atoms with Crippen LogP contribution in [0, 0.1) is 0 Å². The molecular weight excluding hydrogens is 494 g/mol. The van der Waals surface area contributed by atoms with Crippen molar-refractivity contribution in [3.63, 3.8) is 0 Å². The second-order valence-corrected chi connectivity index (χ2v) is 10.2. The van der Waals surface area contributed by atoms with Crippen LogP contribution in [0.15, 0.2) is 170 Å². The highest BCUT2D eigenvalue weighted by molar-refractivity contribution is 6.06.